The highest BCUT2D eigenvalue weighted by Gasteiger charge is 2.29. The van der Waals surface area contributed by atoms with E-state index in [1.807, 2.05) is 33.8 Å². The molecule has 4 rings (SSSR count). The van der Waals surface area contributed by atoms with Gasteiger partial charge in [-0.15, -0.1) is 0 Å². The number of nitrogens with one attached hydrogen (secondary N) is 1. The van der Waals surface area contributed by atoms with Crippen LogP contribution in [-0.4, -0.2) is 42.9 Å². The average molecular weight is 436 g/mol. The van der Waals surface area contributed by atoms with E-state index in [2.05, 4.69) is 15.3 Å². The lowest BCUT2D eigenvalue weighted by atomic mass is 9.97. The maximum absolute atomic E-state index is 12.9. The molecule has 1 aromatic carbocycles. The molecule has 3 aromatic rings. The third-order valence-corrected chi connectivity index (χ3v) is 5.46. The predicted octanol–water partition coefficient (Wildman–Crippen LogP) is 3.11. The van der Waals surface area contributed by atoms with Crippen molar-refractivity contribution in [2.24, 2.45) is 0 Å². The van der Waals surface area contributed by atoms with E-state index in [1.54, 1.807) is 6.07 Å². The quantitative estimate of drug-likeness (QED) is 0.603. The molecule has 2 aromatic heterocycles. The molecule has 0 radical (unpaired) electrons. The summed E-state index contributed by atoms with van der Waals surface area (Å²) in [4.78, 5) is 45.1. The number of rotatable bonds is 4. The van der Waals surface area contributed by atoms with Crippen LogP contribution >= 0.6 is 0 Å². The maximum Gasteiger partial charge on any atom is 0.353 e. The fraction of sp³-hybridized carbons (Fsp3) is 0.348. The Hall–Kier alpha value is -3.75. The number of imidazole rings is 1. The summed E-state index contributed by atoms with van der Waals surface area (Å²) in [5.74, 6) is -2.02. The number of ether oxygens (including phenoxy) is 1. The second-order valence-electron chi connectivity index (χ2n) is 8.83. The minimum absolute atomic E-state index is 0.00551. The van der Waals surface area contributed by atoms with Crippen molar-refractivity contribution in [1.82, 2.24) is 19.7 Å². The van der Waals surface area contributed by atoms with Gasteiger partial charge in [-0.05, 0) is 63.3 Å². The van der Waals surface area contributed by atoms with E-state index < -0.39 is 17.5 Å². The number of aromatic carboxylic acids is 1. The van der Waals surface area contributed by atoms with Gasteiger partial charge < -0.3 is 15.2 Å². The van der Waals surface area contributed by atoms with Crippen LogP contribution in [0.1, 0.15) is 81.3 Å². The number of benzene rings is 1. The number of esters is 1. The van der Waals surface area contributed by atoms with Gasteiger partial charge in [0.05, 0.1) is 17.8 Å². The van der Waals surface area contributed by atoms with E-state index in [9.17, 15) is 19.5 Å². The van der Waals surface area contributed by atoms with Gasteiger partial charge in [0.15, 0.2) is 5.65 Å². The van der Waals surface area contributed by atoms with E-state index in [0.29, 0.717) is 18.4 Å². The van der Waals surface area contributed by atoms with Gasteiger partial charge in [-0.25, -0.2) is 19.6 Å². The van der Waals surface area contributed by atoms with E-state index in [0.717, 1.165) is 16.7 Å². The topological polar surface area (TPSA) is 123 Å². The third-order valence-electron chi connectivity index (χ3n) is 5.46. The summed E-state index contributed by atoms with van der Waals surface area (Å²) in [5.41, 5.74) is 2.92. The van der Waals surface area contributed by atoms with Crippen LogP contribution in [0.4, 0.5) is 0 Å². The van der Waals surface area contributed by atoms with Crippen molar-refractivity contribution in [1.29, 1.82) is 0 Å². The summed E-state index contributed by atoms with van der Waals surface area (Å²) in [5, 5.41) is 12.4. The molecule has 9 heteroatoms. The van der Waals surface area contributed by atoms with Crippen molar-refractivity contribution in [2.45, 2.75) is 52.2 Å². The first-order valence-corrected chi connectivity index (χ1v) is 10.3. The Labute approximate surface area is 184 Å². The van der Waals surface area contributed by atoms with Gasteiger partial charge in [0, 0.05) is 6.07 Å². The fourth-order valence-electron chi connectivity index (χ4n) is 4.01. The number of carbonyl (C=O) groups excluding carboxylic acids is 2. The van der Waals surface area contributed by atoms with E-state index in [4.69, 9.17) is 4.74 Å². The Kier molecular flexibility index (Phi) is 5.20. The minimum Gasteiger partial charge on any atom is -0.477 e. The highest BCUT2D eigenvalue weighted by molar-refractivity contribution is 5.96. The van der Waals surface area contributed by atoms with Crippen LogP contribution in [0.3, 0.4) is 0 Å². The van der Waals surface area contributed by atoms with Crippen molar-refractivity contribution in [3.05, 3.63) is 64.4 Å². The molecule has 0 saturated carbocycles. The summed E-state index contributed by atoms with van der Waals surface area (Å²) in [6.07, 6.45) is 4.11. The van der Waals surface area contributed by atoms with E-state index >= 15 is 0 Å². The SMILES string of the molecule is Cc1c(C(=O)OC(C)(C)C)ccc2c1CC[C@@H]2NC(=O)c1cc(C(=O)O)n2cncc2n1. The van der Waals surface area contributed by atoms with E-state index in [-0.39, 0.29) is 29.0 Å². The molecule has 0 fully saturated rings. The summed E-state index contributed by atoms with van der Waals surface area (Å²) >= 11 is 0. The molecule has 2 heterocycles. The van der Waals surface area contributed by atoms with Crippen LogP contribution in [0.15, 0.2) is 30.7 Å². The lowest BCUT2D eigenvalue weighted by Gasteiger charge is -2.21. The largest absolute Gasteiger partial charge is 0.477 e. The molecule has 0 spiro atoms. The van der Waals surface area contributed by atoms with Crippen molar-refractivity contribution >= 4 is 23.5 Å². The second kappa shape index (κ2) is 7.74. The number of fused-ring (bicyclic) bond motifs is 2. The standard InChI is InChI=1S/C23H24N4O5/c1-12-13-7-8-16(15(13)6-5-14(12)22(31)32-23(2,3)4)26-20(28)17-9-18(21(29)30)27-11-24-10-19(27)25-17/h5-6,9-11,16H,7-8H2,1-4H3,(H,26,28)(H,29,30)/t16-/m0/s1. The molecule has 0 bridgehead atoms. The number of hydrogen-bond acceptors (Lipinski definition) is 6. The molecule has 2 N–H and O–H groups in total. The van der Waals surface area contributed by atoms with Crippen molar-refractivity contribution < 1.29 is 24.2 Å². The van der Waals surface area contributed by atoms with Crippen LogP contribution < -0.4 is 5.32 Å². The second-order valence-corrected chi connectivity index (χ2v) is 8.83. The Morgan fingerprint density at radius 1 is 1.25 bits per heavy atom. The van der Waals surface area contributed by atoms with E-state index in [1.165, 1.54) is 23.0 Å². The first kappa shape index (κ1) is 21.5. The van der Waals surface area contributed by atoms with Crippen LogP contribution in [-0.2, 0) is 11.2 Å². The highest BCUT2D eigenvalue weighted by atomic mass is 16.6. The molecule has 1 atom stereocenters. The van der Waals surface area contributed by atoms with Gasteiger partial charge in [0.2, 0.25) is 0 Å². The molecule has 0 aliphatic heterocycles. The molecule has 1 aliphatic rings. The number of amides is 1. The Morgan fingerprint density at radius 3 is 2.69 bits per heavy atom. The number of hydrogen-bond donors (Lipinski definition) is 2. The molecule has 0 unspecified atom stereocenters. The fourth-order valence-corrected chi connectivity index (χ4v) is 4.01. The zero-order chi connectivity index (χ0) is 23.2. The van der Waals surface area contributed by atoms with Gasteiger partial charge in [0.25, 0.3) is 5.91 Å². The first-order chi connectivity index (χ1) is 15.0. The van der Waals surface area contributed by atoms with Crippen molar-refractivity contribution in [3.63, 3.8) is 0 Å². The lowest BCUT2D eigenvalue weighted by molar-refractivity contribution is 0.00682. The zero-order valence-electron chi connectivity index (χ0n) is 18.3. The molecular formula is C23H24N4O5. The molecule has 9 nitrogen and oxygen atoms in total. The normalized spacial score (nSPS) is 15.4. The smallest absolute Gasteiger partial charge is 0.353 e. The average Bonchev–Trinajstić information content (AvgIpc) is 3.33. The number of carbonyl (C=O) groups is 3. The van der Waals surface area contributed by atoms with Gasteiger partial charge in [0.1, 0.15) is 23.3 Å². The van der Waals surface area contributed by atoms with Crippen LogP contribution in [0, 0.1) is 6.92 Å². The van der Waals surface area contributed by atoms with Gasteiger partial charge in [-0.3, -0.25) is 9.20 Å². The predicted molar refractivity (Wildman–Crippen MR) is 115 cm³/mol. The Balaban J connectivity index is 1.59. The van der Waals surface area contributed by atoms with Crippen molar-refractivity contribution in [3.8, 4) is 0 Å². The van der Waals surface area contributed by atoms with Crippen molar-refractivity contribution in [2.75, 3.05) is 0 Å². The monoisotopic (exact) mass is 436 g/mol. The number of aromatic nitrogens is 3. The summed E-state index contributed by atoms with van der Waals surface area (Å²) < 4.78 is 6.81. The Bertz CT molecular complexity index is 1260. The zero-order valence-corrected chi connectivity index (χ0v) is 18.3. The number of carboxylic acids is 1. The molecule has 1 aliphatic carbocycles. The molecule has 1 amide bonds. The molecule has 32 heavy (non-hydrogen) atoms. The van der Waals surface area contributed by atoms with Gasteiger partial charge in [-0.1, -0.05) is 6.07 Å². The molecular weight excluding hydrogens is 412 g/mol. The Morgan fingerprint density at radius 2 is 2.00 bits per heavy atom. The third kappa shape index (κ3) is 3.93. The summed E-state index contributed by atoms with van der Waals surface area (Å²) in [6, 6.07) is 4.54. The summed E-state index contributed by atoms with van der Waals surface area (Å²) in [6.45, 7) is 7.36. The van der Waals surface area contributed by atoms with Crippen LogP contribution in [0.5, 0.6) is 0 Å². The number of carboxylic acid groups (broad SMARTS) is 1. The van der Waals surface area contributed by atoms with Gasteiger partial charge in [-0.2, -0.15) is 0 Å². The van der Waals surface area contributed by atoms with Crippen LogP contribution in [0.2, 0.25) is 0 Å². The maximum atomic E-state index is 12.9. The summed E-state index contributed by atoms with van der Waals surface area (Å²) in [7, 11) is 0. The van der Waals surface area contributed by atoms with Gasteiger partial charge >= 0.3 is 11.9 Å². The molecule has 0 saturated heterocycles. The minimum atomic E-state index is -1.18. The first-order valence-electron chi connectivity index (χ1n) is 10.3. The highest BCUT2D eigenvalue weighted by Crippen LogP contribution is 2.35. The number of nitrogens with zero attached hydrogens (tertiary/aromatic N) is 3. The van der Waals surface area contributed by atoms with Crippen LogP contribution in [0.25, 0.3) is 5.65 Å². The molecule has 166 valence electrons. The lowest BCUT2D eigenvalue weighted by Crippen LogP contribution is -2.28.